The Morgan fingerprint density at radius 3 is 0.914 bits per heavy atom. The van der Waals surface area contributed by atoms with Crippen LogP contribution in [-0.2, 0) is 0 Å². The van der Waals surface area contributed by atoms with Gasteiger partial charge in [-0.3, -0.25) is 0 Å². The van der Waals surface area contributed by atoms with Gasteiger partial charge in [-0.05, 0) is 108 Å². The van der Waals surface area contributed by atoms with E-state index in [0.717, 1.165) is 67.9 Å². The molecule has 0 radical (unpaired) electrons. The molecule has 0 aliphatic rings. The molecular formula is C54H52N2O2. The summed E-state index contributed by atoms with van der Waals surface area (Å²) in [5, 5.41) is 0. The Bertz CT molecular complexity index is 2120. The van der Waals surface area contributed by atoms with E-state index in [1.165, 1.54) is 0 Å². The van der Waals surface area contributed by atoms with Gasteiger partial charge in [-0.15, -0.1) is 0 Å². The van der Waals surface area contributed by atoms with E-state index in [1.807, 2.05) is 24.3 Å². The molecule has 7 aromatic rings. The fraction of sp³-hybridized carbons (Fsp3) is 0.148. The zero-order valence-corrected chi connectivity index (χ0v) is 33.9. The van der Waals surface area contributed by atoms with Crippen LogP contribution in [0.5, 0.6) is 11.5 Å². The molecule has 7 rings (SSSR count). The van der Waals surface area contributed by atoms with Gasteiger partial charge in [-0.25, -0.2) is 0 Å². The molecule has 4 heteroatoms. The van der Waals surface area contributed by atoms with E-state index in [-0.39, 0.29) is 0 Å². The molecule has 0 amide bonds. The Labute approximate surface area is 345 Å². The average Bonchev–Trinajstić information content (AvgIpc) is 3.26. The molecule has 7 aromatic carbocycles. The van der Waals surface area contributed by atoms with Crippen molar-refractivity contribution in [3.05, 3.63) is 204 Å². The minimum Gasteiger partial charge on any atom is -0.493 e. The van der Waals surface area contributed by atoms with Crippen molar-refractivity contribution in [2.24, 2.45) is 11.8 Å². The highest BCUT2D eigenvalue weighted by Gasteiger charge is 2.15. The van der Waals surface area contributed by atoms with Gasteiger partial charge in [0, 0.05) is 45.3 Å². The van der Waals surface area contributed by atoms with E-state index in [9.17, 15) is 0 Å². The first-order chi connectivity index (χ1) is 28.4. The minimum absolute atomic E-state index is 0.377. The summed E-state index contributed by atoms with van der Waals surface area (Å²) < 4.78 is 13.0. The monoisotopic (exact) mass is 760 g/mol. The van der Waals surface area contributed by atoms with Crippen LogP contribution < -0.4 is 19.3 Å². The number of rotatable bonds is 16. The number of anilines is 6. The summed E-state index contributed by atoms with van der Waals surface area (Å²) >= 11 is 0. The second kappa shape index (κ2) is 19.4. The SMILES string of the molecule is CC(C)COc1cc(/C=C/c2ccc(N(c3ccccc3)c3ccccc3)cc2)c(OCC(C)C)cc1/C=C/c1ccc(N(c2ccccc2)c2ccccc2)cc1. The van der Waals surface area contributed by atoms with E-state index >= 15 is 0 Å². The van der Waals surface area contributed by atoms with Crippen molar-refractivity contribution in [2.75, 3.05) is 23.0 Å². The lowest BCUT2D eigenvalue weighted by atomic mass is 10.0. The first-order valence-corrected chi connectivity index (χ1v) is 20.2. The molecular weight excluding hydrogens is 709 g/mol. The van der Waals surface area contributed by atoms with Crippen LogP contribution in [-0.4, -0.2) is 13.2 Å². The van der Waals surface area contributed by atoms with Crippen molar-refractivity contribution in [2.45, 2.75) is 27.7 Å². The Hall–Kier alpha value is -6.78. The van der Waals surface area contributed by atoms with Gasteiger partial charge < -0.3 is 19.3 Å². The van der Waals surface area contributed by atoms with Gasteiger partial charge in [0.2, 0.25) is 0 Å². The molecule has 290 valence electrons. The number of hydrogen-bond acceptors (Lipinski definition) is 4. The second-order valence-corrected chi connectivity index (χ2v) is 15.2. The van der Waals surface area contributed by atoms with Crippen LogP contribution in [0.15, 0.2) is 182 Å². The van der Waals surface area contributed by atoms with Crippen LogP contribution in [0.4, 0.5) is 34.1 Å². The lowest BCUT2D eigenvalue weighted by Gasteiger charge is -2.25. The molecule has 0 fully saturated rings. The Kier molecular flexibility index (Phi) is 13.2. The predicted molar refractivity (Wildman–Crippen MR) is 247 cm³/mol. The zero-order chi connectivity index (χ0) is 40.1. The van der Waals surface area contributed by atoms with Crippen LogP contribution >= 0.6 is 0 Å². The summed E-state index contributed by atoms with van der Waals surface area (Å²) in [5.41, 5.74) is 10.8. The van der Waals surface area contributed by atoms with Crippen molar-refractivity contribution in [1.29, 1.82) is 0 Å². The third-order valence-corrected chi connectivity index (χ3v) is 9.56. The van der Waals surface area contributed by atoms with E-state index < -0.39 is 0 Å². The van der Waals surface area contributed by atoms with Gasteiger partial charge in [0.1, 0.15) is 11.5 Å². The summed E-state index contributed by atoms with van der Waals surface area (Å²) in [6, 6.07) is 63.5. The summed E-state index contributed by atoms with van der Waals surface area (Å²) in [5.74, 6) is 2.41. The van der Waals surface area contributed by atoms with Crippen LogP contribution in [0.25, 0.3) is 24.3 Å². The van der Waals surface area contributed by atoms with E-state index in [2.05, 4.69) is 220 Å². The minimum atomic E-state index is 0.377. The number of ether oxygens (including phenoxy) is 2. The first-order valence-electron chi connectivity index (χ1n) is 20.2. The van der Waals surface area contributed by atoms with Crippen molar-refractivity contribution < 1.29 is 9.47 Å². The molecule has 0 unspecified atom stereocenters. The number of para-hydroxylation sites is 4. The highest BCUT2D eigenvalue weighted by Crippen LogP contribution is 2.37. The molecule has 0 aliphatic heterocycles. The fourth-order valence-corrected chi connectivity index (χ4v) is 6.66. The summed E-state index contributed by atoms with van der Waals surface area (Å²) in [6.07, 6.45) is 8.56. The highest BCUT2D eigenvalue weighted by molar-refractivity contribution is 5.82. The fourth-order valence-electron chi connectivity index (χ4n) is 6.66. The maximum absolute atomic E-state index is 6.48. The standard InChI is InChI=1S/C54H52N2O2/c1-41(2)39-57-53-37-46(32-26-44-29-35-52(36-30-44)56(49-21-13-7-14-22-49)50-23-15-8-16-24-50)54(58-40-42(3)4)38-45(53)31-25-43-27-33-51(34-28-43)55(47-17-9-5-10-18-47)48-19-11-6-12-20-48/h5-38,41-42H,39-40H2,1-4H3/b31-25+,32-26+. The molecule has 0 saturated carbocycles. The van der Waals surface area contributed by atoms with Gasteiger partial charge in [0.15, 0.2) is 0 Å². The first kappa shape index (κ1) is 39.5. The lowest BCUT2D eigenvalue weighted by Crippen LogP contribution is -2.09. The largest absolute Gasteiger partial charge is 0.493 e. The van der Waals surface area contributed by atoms with Crippen LogP contribution in [0, 0.1) is 11.8 Å². The molecule has 0 heterocycles. The summed E-state index contributed by atoms with van der Waals surface area (Å²) in [6.45, 7) is 9.92. The number of nitrogens with zero attached hydrogens (tertiary/aromatic N) is 2. The van der Waals surface area contributed by atoms with Gasteiger partial charge in [0.25, 0.3) is 0 Å². The molecule has 0 bridgehead atoms. The number of hydrogen-bond donors (Lipinski definition) is 0. The van der Waals surface area contributed by atoms with Crippen LogP contribution in [0.1, 0.15) is 49.9 Å². The van der Waals surface area contributed by atoms with Crippen LogP contribution in [0.2, 0.25) is 0 Å². The van der Waals surface area contributed by atoms with E-state index in [4.69, 9.17) is 9.47 Å². The molecule has 0 spiro atoms. The predicted octanol–water partition coefficient (Wildman–Crippen LogP) is 15.0. The molecule has 0 atom stereocenters. The maximum atomic E-state index is 6.48. The molecule has 0 aromatic heterocycles. The van der Waals surface area contributed by atoms with Crippen LogP contribution in [0.3, 0.4) is 0 Å². The molecule has 0 saturated heterocycles. The Balaban J connectivity index is 1.17. The van der Waals surface area contributed by atoms with E-state index in [0.29, 0.717) is 25.0 Å². The third kappa shape index (κ3) is 10.3. The zero-order valence-electron chi connectivity index (χ0n) is 33.9. The molecule has 0 N–H and O–H groups in total. The van der Waals surface area contributed by atoms with Gasteiger partial charge >= 0.3 is 0 Å². The second-order valence-electron chi connectivity index (χ2n) is 15.2. The average molecular weight is 761 g/mol. The van der Waals surface area contributed by atoms with E-state index in [1.54, 1.807) is 0 Å². The summed E-state index contributed by atoms with van der Waals surface area (Å²) in [4.78, 5) is 4.54. The van der Waals surface area contributed by atoms with Gasteiger partial charge in [0.05, 0.1) is 13.2 Å². The Morgan fingerprint density at radius 1 is 0.362 bits per heavy atom. The van der Waals surface area contributed by atoms with Crippen molar-refractivity contribution in [3.8, 4) is 11.5 Å². The molecule has 58 heavy (non-hydrogen) atoms. The lowest BCUT2D eigenvalue weighted by molar-refractivity contribution is 0.263. The topological polar surface area (TPSA) is 24.9 Å². The normalized spacial score (nSPS) is 11.4. The number of benzene rings is 7. The maximum Gasteiger partial charge on any atom is 0.127 e. The Morgan fingerprint density at radius 2 is 0.638 bits per heavy atom. The quantitative estimate of drug-likeness (QED) is 0.0916. The third-order valence-electron chi connectivity index (χ3n) is 9.56. The van der Waals surface area contributed by atoms with Crippen molar-refractivity contribution in [1.82, 2.24) is 0 Å². The molecule has 0 aliphatic carbocycles. The van der Waals surface area contributed by atoms with Crippen molar-refractivity contribution >= 4 is 58.4 Å². The smallest absolute Gasteiger partial charge is 0.127 e. The van der Waals surface area contributed by atoms with Gasteiger partial charge in [-0.2, -0.15) is 0 Å². The molecule has 4 nitrogen and oxygen atoms in total. The van der Waals surface area contributed by atoms with Crippen molar-refractivity contribution in [3.63, 3.8) is 0 Å². The summed E-state index contributed by atoms with van der Waals surface area (Å²) in [7, 11) is 0. The van der Waals surface area contributed by atoms with Gasteiger partial charge in [-0.1, -0.05) is 149 Å². The highest BCUT2D eigenvalue weighted by atomic mass is 16.5.